The molecule has 32 heavy (non-hydrogen) atoms. The van der Waals surface area contributed by atoms with Gasteiger partial charge in [-0.05, 0) is 42.2 Å². The van der Waals surface area contributed by atoms with Gasteiger partial charge in [0.05, 0.1) is 23.5 Å². The molecule has 0 aliphatic heterocycles. The maximum atomic E-state index is 10.3. The summed E-state index contributed by atoms with van der Waals surface area (Å²) in [6.07, 6.45) is 1.75. The summed E-state index contributed by atoms with van der Waals surface area (Å²) in [5.74, 6) is 0.246. The SMILES string of the molecule is CC(C)NCC(Nc1ccc(-c2ncnc3c2C(C)CC3O)cc1)c1ccc(Cl)cc1.Cl. The van der Waals surface area contributed by atoms with Gasteiger partial charge in [-0.1, -0.05) is 56.6 Å². The molecule has 1 aromatic heterocycles. The molecular formula is C25H30Cl2N4O. The van der Waals surface area contributed by atoms with E-state index in [4.69, 9.17) is 11.6 Å². The first-order valence-corrected chi connectivity index (χ1v) is 11.2. The van der Waals surface area contributed by atoms with Crippen molar-refractivity contribution < 1.29 is 5.11 Å². The van der Waals surface area contributed by atoms with E-state index in [0.717, 1.165) is 39.8 Å². The van der Waals surface area contributed by atoms with Crippen molar-refractivity contribution in [1.82, 2.24) is 15.3 Å². The fourth-order valence-corrected chi connectivity index (χ4v) is 4.31. The van der Waals surface area contributed by atoms with Crippen LogP contribution in [0.5, 0.6) is 0 Å². The number of rotatable bonds is 7. The van der Waals surface area contributed by atoms with E-state index in [9.17, 15) is 5.11 Å². The topological polar surface area (TPSA) is 70.1 Å². The third kappa shape index (κ3) is 5.41. The minimum absolute atomic E-state index is 0. The van der Waals surface area contributed by atoms with Crippen LogP contribution in [-0.4, -0.2) is 27.7 Å². The molecule has 0 amide bonds. The van der Waals surface area contributed by atoms with Gasteiger partial charge in [0.1, 0.15) is 6.33 Å². The molecule has 4 rings (SSSR count). The molecule has 3 N–H and O–H groups in total. The number of anilines is 1. The van der Waals surface area contributed by atoms with E-state index in [1.807, 2.05) is 12.1 Å². The fourth-order valence-electron chi connectivity index (χ4n) is 4.18. The molecule has 3 unspecified atom stereocenters. The first kappa shape index (κ1) is 24.5. The summed E-state index contributed by atoms with van der Waals surface area (Å²) in [6.45, 7) is 7.21. The lowest BCUT2D eigenvalue weighted by atomic mass is 9.98. The lowest BCUT2D eigenvalue weighted by Gasteiger charge is -2.23. The van der Waals surface area contributed by atoms with Gasteiger partial charge in [-0.15, -0.1) is 12.4 Å². The minimum Gasteiger partial charge on any atom is -0.387 e. The van der Waals surface area contributed by atoms with Gasteiger partial charge in [-0.2, -0.15) is 0 Å². The summed E-state index contributed by atoms with van der Waals surface area (Å²) >= 11 is 6.08. The summed E-state index contributed by atoms with van der Waals surface area (Å²) in [4.78, 5) is 8.85. The Labute approximate surface area is 201 Å². The van der Waals surface area contributed by atoms with E-state index in [2.05, 4.69) is 77.8 Å². The highest BCUT2D eigenvalue weighted by Crippen LogP contribution is 2.42. The van der Waals surface area contributed by atoms with Gasteiger partial charge in [0.25, 0.3) is 0 Å². The standard InChI is InChI=1S/C25H29ClN4O.ClH/c1-15(2)27-13-21(17-4-8-19(26)9-5-17)30-20-10-6-18(7-11-20)24-23-16(3)12-22(31)25(23)29-14-28-24;/h4-11,14-16,21-22,27,30-31H,12-13H2,1-3H3;1H. The number of hydrogen-bond acceptors (Lipinski definition) is 5. The summed E-state index contributed by atoms with van der Waals surface area (Å²) in [5, 5.41) is 18.2. The smallest absolute Gasteiger partial charge is 0.116 e. The van der Waals surface area contributed by atoms with Gasteiger partial charge >= 0.3 is 0 Å². The Hall–Kier alpha value is -2.18. The molecule has 1 heterocycles. The molecule has 0 saturated heterocycles. The molecule has 5 nitrogen and oxygen atoms in total. The number of benzene rings is 2. The van der Waals surface area contributed by atoms with Crippen molar-refractivity contribution in [1.29, 1.82) is 0 Å². The average molecular weight is 473 g/mol. The lowest BCUT2D eigenvalue weighted by Crippen LogP contribution is -2.31. The predicted molar refractivity (Wildman–Crippen MR) is 134 cm³/mol. The first-order chi connectivity index (χ1) is 14.9. The molecule has 170 valence electrons. The molecule has 0 spiro atoms. The monoisotopic (exact) mass is 472 g/mol. The van der Waals surface area contributed by atoms with Crippen LogP contribution in [-0.2, 0) is 0 Å². The van der Waals surface area contributed by atoms with Gasteiger partial charge in [0.15, 0.2) is 0 Å². The van der Waals surface area contributed by atoms with Crippen LogP contribution >= 0.6 is 24.0 Å². The molecule has 0 radical (unpaired) electrons. The van der Waals surface area contributed by atoms with E-state index in [1.54, 1.807) is 6.33 Å². The third-order valence-electron chi connectivity index (χ3n) is 5.80. The molecule has 3 atom stereocenters. The number of fused-ring (bicyclic) bond motifs is 1. The maximum absolute atomic E-state index is 10.3. The minimum atomic E-state index is -0.499. The Kier molecular flexibility index (Phi) is 8.12. The van der Waals surface area contributed by atoms with Crippen LogP contribution in [0.4, 0.5) is 5.69 Å². The zero-order valence-electron chi connectivity index (χ0n) is 18.5. The molecule has 0 fully saturated rings. The zero-order valence-corrected chi connectivity index (χ0v) is 20.1. The summed E-state index contributed by atoms with van der Waals surface area (Å²) in [7, 11) is 0. The van der Waals surface area contributed by atoms with Crippen LogP contribution in [0.25, 0.3) is 11.3 Å². The van der Waals surface area contributed by atoms with Crippen molar-refractivity contribution in [3.05, 3.63) is 76.7 Å². The Morgan fingerprint density at radius 2 is 1.75 bits per heavy atom. The highest BCUT2D eigenvalue weighted by molar-refractivity contribution is 6.30. The van der Waals surface area contributed by atoms with Crippen molar-refractivity contribution in [2.45, 2.75) is 51.3 Å². The van der Waals surface area contributed by atoms with Gasteiger partial charge in [-0.3, -0.25) is 0 Å². The highest BCUT2D eigenvalue weighted by atomic mass is 35.5. The number of aromatic nitrogens is 2. The van der Waals surface area contributed by atoms with E-state index in [0.29, 0.717) is 12.5 Å². The van der Waals surface area contributed by atoms with E-state index in [1.165, 1.54) is 5.56 Å². The summed E-state index contributed by atoms with van der Waals surface area (Å²) < 4.78 is 0. The second-order valence-corrected chi connectivity index (χ2v) is 9.00. The number of halogens is 2. The molecule has 2 aromatic carbocycles. The molecule has 0 saturated carbocycles. The van der Waals surface area contributed by atoms with E-state index >= 15 is 0 Å². The number of nitrogens with zero attached hydrogens (tertiary/aromatic N) is 2. The van der Waals surface area contributed by atoms with E-state index < -0.39 is 6.10 Å². The normalized spacial score (nSPS) is 18.2. The molecule has 3 aromatic rings. The van der Waals surface area contributed by atoms with Crippen LogP contribution in [0.2, 0.25) is 5.02 Å². The molecule has 7 heteroatoms. The summed E-state index contributed by atoms with van der Waals surface area (Å²) in [6, 6.07) is 16.8. The third-order valence-corrected chi connectivity index (χ3v) is 6.05. The lowest BCUT2D eigenvalue weighted by molar-refractivity contribution is 0.170. The van der Waals surface area contributed by atoms with Crippen LogP contribution < -0.4 is 10.6 Å². The van der Waals surface area contributed by atoms with Crippen LogP contribution in [0.3, 0.4) is 0 Å². The van der Waals surface area contributed by atoms with Gasteiger partial charge < -0.3 is 15.7 Å². The molecule has 0 bridgehead atoms. The van der Waals surface area contributed by atoms with Gasteiger partial charge in [0.2, 0.25) is 0 Å². The first-order valence-electron chi connectivity index (χ1n) is 10.8. The van der Waals surface area contributed by atoms with Crippen molar-refractivity contribution >= 4 is 29.7 Å². The molecule has 1 aliphatic rings. The van der Waals surface area contributed by atoms with Crippen molar-refractivity contribution in [2.24, 2.45) is 0 Å². The van der Waals surface area contributed by atoms with Crippen molar-refractivity contribution in [2.75, 3.05) is 11.9 Å². The fraction of sp³-hybridized carbons (Fsp3) is 0.360. The second kappa shape index (κ2) is 10.6. The Morgan fingerprint density at radius 3 is 2.41 bits per heavy atom. The largest absolute Gasteiger partial charge is 0.387 e. The van der Waals surface area contributed by atoms with Crippen LogP contribution in [0.15, 0.2) is 54.9 Å². The maximum Gasteiger partial charge on any atom is 0.116 e. The van der Waals surface area contributed by atoms with Crippen LogP contribution in [0, 0.1) is 0 Å². The summed E-state index contributed by atoms with van der Waals surface area (Å²) in [5.41, 5.74) is 5.99. The quantitative estimate of drug-likeness (QED) is 0.398. The van der Waals surface area contributed by atoms with Crippen molar-refractivity contribution in [3.8, 4) is 11.3 Å². The van der Waals surface area contributed by atoms with Crippen LogP contribution in [0.1, 0.15) is 62.1 Å². The molecule has 1 aliphatic carbocycles. The van der Waals surface area contributed by atoms with Crippen molar-refractivity contribution in [3.63, 3.8) is 0 Å². The number of hydrogen-bond donors (Lipinski definition) is 3. The number of aliphatic hydroxyl groups excluding tert-OH is 1. The van der Waals surface area contributed by atoms with Gasteiger partial charge in [-0.25, -0.2) is 9.97 Å². The number of nitrogens with one attached hydrogen (secondary N) is 2. The number of aliphatic hydroxyl groups is 1. The Balaban J connectivity index is 0.00000289. The highest BCUT2D eigenvalue weighted by Gasteiger charge is 2.31. The van der Waals surface area contributed by atoms with E-state index in [-0.39, 0.29) is 24.4 Å². The molecular weight excluding hydrogens is 443 g/mol. The predicted octanol–water partition coefficient (Wildman–Crippen LogP) is 5.91. The second-order valence-electron chi connectivity index (χ2n) is 8.56. The van der Waals surface area contributed by atoms with Gasteiger partial charge in [0, 0.05) is 34.4 Å². The Morgan fingerprint density at radius 1 is 1.06 bits per heavy atom. The Bertz CT molecular complexity index is 1030. The average Bonchev–Trinajstić information content (AvgIpc) is 3.06. The zero-order chi connectivity index (χ0) is 22.0.